The first-order valence-corrected chi connectivity index (χ1v) is 11.4. The Morgan fingerprint density at radius 3 is 2.10 bits per heavy atom. The Balaban J connectivity index is 1.48. The van der Waals surface area contributed by atoms with Crippen molar-refractivity contribution < 1.29 is 18.0 Å². The second-order valence-corrected chi connectivity index (χ2v) is 9.46. The third-order valence-electron chi connectivity index (χ3n) is 5.04. The van der Waals surface area contributed by atoms with Crippen LogP contribution >= 0.6 is 0 Å². The van der Waals surface area contributed by atoms with Gasteiger partial charge in [-0.15, -0.1) is 0 Å². The predicted octanol–water partition coefficient (Wildman–Crippen LogP) is 2.56. The third kappa shape index (κ3) is 5.46. The monoisotopic (exact) mass is 429 g/mol. The van der Waals surface area contributed by atoms with E-state index in [0.717, 1.165) is 16.8 Å². The molecule has 1 saturated heterocycles. The van der Waals surface area contributed by atoms with E-state index < -0.39 is 10.0 Å². The lowest BCUT2D eigenvalue weighted by atomic mass is 10.1. The van der Waals surface area contributed by atoms with Gasteiger partial charge in [-0.25, -0.2) is 8.42 Å². The zero-order valence-electron chi connectivity index (χ0n) is 17.3. The zero-order valence-corrected chi connectivity index (χ0v) is 18.1. The zero-order chi connectivity index (χ0) is 21.7. The first-order chi connectivity index (χ1) is 14.3. The molecule has 1 heterocycles. The molecule has 1 aliphatic heterocycles. The van der Waals surface area contributed by atoms with Crippen LogP contribution in [0.4, 0.5) is 5.69 Å². The van der Waals surface area contributed by atoms with E-state index in [1.54, 1.807) is 35.2 Å². The van der Waals surface area contributed by atoms with Crippen LogP contribution < -0.4 is 5.32 Å². The Bertz CT molecular complexity index is 994. The Morgan fingerprint density at radius 2 is 1.50 bits per heavy atom. The van der Waals surface area contributed by atoms with Crippen molar-refractivity contribution >= 4 is 27.5 Å². The fraction of sp³-hybridized carbons (Fsp3) is 0.364. The molecule has 2 aromatic rings. The highest BCUT2D eigenvalue weighted by Crippen LogP contribution is 2.18. The topological polar surface area (TPSA) is 86.8 Å². The van der Waals surface area contributed by atoms with Crippen LogP contribution in [0.5, 0.6) is 0 Å². The summed E-state index contributed by atoms with van der Waals surface area (Å²) in [5, 5.41) is 2.83. The van der Waals surface area contributed by atoms with E-state index >= 15 is 0 Å². The number of sulfonamides is 1. The van der Waals surface area contributed by atoms with Gasteiger partial charge in [0.05, 0.1) is 4.90 Å². The summed E-state index contributed by atoms with van der Waals surface area (Å²) < 4.78 is 26.7. The van der Waals surface area contributed by atoms with Crippen molar-refractivity contribution in [2.24, 2.45) is 0 Å². The highest BCUT2D eigenvalue weighted by atomic mass is 32.2. The molecule has 160 valence electrons. The molecular weight excluding hydrogens is 402 g/mol. The van der Waals surface area contributed by atoms with Crippen LogP contribution in [0.25, 0.3) is 0 Å². The average molecular weight is 430 g/mol. The van der Waals surface area contributed by atoms with Crippen molar-refractivity contribution in [3.8, 4) is 0 Å². The summed E-state index contributed by atoms with van der Waals surface area (Å²) >= 11 is 0. The molecule has 1 aliphatic rings. The lowest BCUT2D eigenvalue weighted by Crippen LogP contribution is -2.50. The molecule has 0 spiro atoms. The Labute approximate surface area is 177 Å². The summed E-state index contributed by atoms with van der Waals surface area (Å²) in [6.45, 7) is 5.07. The number of amides is 2. The van der Waals surface area contributed by atoms with E-state index in [2.05, 4.69) is 5.32 Å². The van der Waals surface area contributed by atoms with E-state index in [4.69, 9.17) is 0 Å². The molecular formula is C22H27N3O4S. The van der Waals surface area contributed by atoms with Crippen LogP contribution in [0.3, 0.4) is 0 Å². The number of aryl methyl sites for hydroxylation is 2. The molecule has 7 nitrogen and oxygen atoms in total. The number of hydrogen-bond acceptors (Lipinski definition) is 4. The van der Waals surface area contributed by atoms with Gasteiger partial charge in [-0.1, -0.05) is 24.3 Å². The van der Waals surface area contributed by atoms with Gasteiger partial charge in [-0.2, -0.15) is 4.31 Å². The molecule has 0 radical (unpaired) electrons. The minimum absolute atomic E-state index is 0.0916. The molecule has 1 fully saturated rings. The predicted molar refractivity (Wildman–Crippen MR) is 116 cm³/mol. The number of benzene rings is 2. The minimum atomic E-state index is -3.55. The van der Waals surface area contributed by atoms with Crippen LogP contribution in [0.15, 0.2) is 53.4 Å². The highest BCUT2D eigenvalue weighted by molar-refractivity contribution is 7.89. The second kappa shape index (κ2) is 9.40. The quantitative estimate of drug-likeness (QED) is 0.765. The fourth-order valence-electron chi connectivity index (χ4n) is 3.57. The number of rotatable bonds is 6. The highest BCUT2D eigenvalue weighted by Gasteiger charge is 2.29. The SMILES string of the molecule is Cc1cc(C)cc(NC(=O)CCC(=O)N2CCN(S(=O)(=O)c3ccccc3)CC2)c1. The number of carbonyl (C=O) groups excluding carboxylic acids is 2. The summed E-state index contributed by atoms with van der Waals surface area (Å²) in [6, 6.07) is 14.1. The normalized spacial score (nSPS) is 15.1. The molecule has 2 amide bonds. The number of nitrogens with zero attached hydrogens (tertiary/aromatic N) is 2. The number of hydrogen-bond donors (Lipinski definition) is 1. The van der Waals surface area contributed by atoms with Gasteiger partial charge in [0.15, 0.2) is 0 Å². The van der Waals surface area contributed by atoms with Gasteiger partial charge in [-0.3, -0.25) is 9.59 Å². The van der Waals surface area contributed by atoms with Gasteiger partial charge in [0, 0.05) is 44.7 Å². The van der Waals surface area contributed by atoms with Crippen LogP contribution in [-0.2, 0) is 19.6 Å². The van der Waals surface area contributed by atoms with Crippen molar-refractivity contribution in [2.75, 3.05) is 31.5 Å². The standard InChI is InChI=1S/C22H27N3O4S/c1-17-14-18(2)16-19(15-17)23-21(26)8-9-22(27)24-10-12-25(13-11-24)30(28,29)20-6-4-3-5-7-20/h3-7,14-16H,8-13H2,1-2H3,(H,23,26). The van der Waals surface area contributed by atoms with Crippen molar-refractivity contribution in [3.63, 3.8) is 0 Å². The van der Waals surface area contributed by atoms with E-state index in [1.807, 2.05) is 32.0 Å². The molecule has 2 aromatic carbocycles. The number of carbonyl (C=O) groups is 2. The van der Waals surface area contributed by atoms with Crippen molar-refractivity contribution in [1.29, 1.82) is 0 Å². The Kier molecular flexibility index (Phi) is 6.89. The number of piperazine rings is 1. The van der Waals surface area contributed by atoms with Crippen molar-refractivity contribution in [3.05, 3.63) is 59.7 Å². The maximum absolute atomic E-state index is 12.7. The van der Waals surface area contributed by atoms with E-state index in [1.165, 1.54) is 4.31 Å². The van der Waals surface area contributed by atoms with Crippen molar-refractivity contribution in [2.45, 2.75) is 31.6 Å². The summed E-state index contributed by atoms with van der Waals surface area (Å²) in [6.07, 6.45) is 0.191. The molecule has 8 heteroatoms. The molecule has 0 bridgehead atoms. The molecule has 3 rings (SSSR count). The summed E-state index contributed by atoms with van der Waals surface area (Å²) in [5.41, 5.74) is 2.85. The maximum atomic E-state index is 12.7. The molecule has 30 heavy (non-hydrogen) atoms. The lowest BCUT2D eigenvalue weighted by molar-refractivity contribution is -0.133. The van der Waals surface area contributed by atoms with Gasteiger partial charge in [-0.05, 0) is 49.2 Å². The van der Waals surface area contributed by atoms with E-state index in [9.17, 15) is 18.0 Å². The second-order valence-electron chi connectivity index (χ2n) is 7.52. The lowest BCUT2D eigenvalue weighted by Gasteiger charge is -2.34. The van der Waals surface area contributed by atoms with Crippen LogP contribution in [0, 0.1) is 13.8 Å². The first-order valence-electron chi connectivity index (χ1n) is 9.97. The fourth-order valence-corrected chi connectivity index (χ4v) is 5.01. The minimum Gasteiger partial charge on any atom is -0.340 e. The van der Waals surface area contributed by atoms with Gasteiger partial charge in [0.25, 0.3) is 0 Å². The van der Waals surface area contributed by atoms with Crippen LogP contribution in [0.2, 0.25) is 0 Å². The molecule has 1 N–H and O–H groups in total. The average Bonchev–Trinajstić information content (AvgIpc) is 2.72. The third-order valence-corrected chi connectivity index (χ3v) is 6.96. The van der Waals surface area contributed by atoms with Gasteiger partial charge < -0.3 is 10.2 Å². The molecule has 0 aliphatic carbocycles. The summed E-state index contributed by atoms with van der Waals surface area (Å²) in [5.74, 6) is -0.346. The number of nitrogens with one attached hydrogen (secondary N) is 1. The number of anilines is 1. The molecule has 0 aromatic heterocycles. The van der Waals surface area contributed by atoms with Gasteiger partial charge in [0.1, 0.15) is 0 Å². The maximum Gasteiger partial charge on any atom is 0.243 e. The molecule has 0 unspecified atom stereocenters. The first kappa shape index (κ1) is 22.0. The molecule has 0 atom stereocenters. The van der Waals surface area contributed by atoms with Crippen LogP contribution in [0.1, 0.15) is 24.0 Å². The van der Waals surface area contributed by atoms with Crippen molar-refractivity contribution in [1.82, 2.24) is 9.21 Å². The Morgan fingerprint density at radius 1 is 0.900 bits per heavy atom. The smallest absolute Gasteiger partial charge is 0.243 e. The van der Waals surface area contributed by atoms with Gasteiger partial charge >= 0.3 is 0 Å². The molecule has 0 saturated carbocycles. The summed E-state index contributed by atoms with van der Waals surface area (Å²) in [4.78, 5) is 26.5. The van der Waals surface area contributed by atoms with Crippen LogP contribution in [-0.4, -0.2) is 55.6 Å². The van der Waals surface area contributed by atoms with E-state index in [0.29, 0.717) is 13.1 Å². The van der Waals surface area contributed by atoms with E-state index in [-0.39, 0.29) is 42.6 Å². The Hall–Kier alpha value is -2.71. The largest absolute Gasteiger partial charge is 0.340 e. The summed E-state index contributed by atoms with van der Waals surface area (Å²) in [7, 11) is -3.55. The van der Waals surface area contributed by atoms with Gasteiger partial charge in [0.2, 0.25) is 21.8 Å².